The smallest absolute Gasteiger partial charge is 0.124 e. The predicted octanol–water partition coefficient (Wildman–Crippen LogP) is 3.46. The number of aromatic hydroxyl groups is 1. The molecule has 68 valence electrons. The van der Waals surface area contributed by atoms with E-state index in [1.807, 2.05) is 12.1 Å². The molecule has 0 amide bonds. The summed E-state index contributed by atoms with van der Waals surface area (Å²) in [6.07, 6.45) is 1.01. The van der Waals surface area contributed by atoms with Crippen LogP contribution in [0, 0.1) is 0 Å². The Hall–Kier alpha value is -0.670. The summed E-state index contributed by atoms with van der Waals surface area (Å²) in [5.41, 5.74) is 0. The maximum Gasteiger partial charge on any atom is 0.124 e. The van der Waals surface area contributed by atoms with Gasteiger partial charge >= 0.3 is 0 Å². The highest BCUT2D eigenvalue weighted by atomic mass is 32.1. The number of thiol groups is 1. The van der Waals surface area contributed by atoms with Gasteiger partial charge in [-0.1, -0.05) is 6.92 Å². The molecule has 0 radical (unpaired) electrons. The minimum Gasteiger partial charge on any atom is -0.507 e. The predicted molar refractivity (Wildman–Crippen MR) is 60.1 cm³/mol. The zero-order valence-electron chi connectivity index (χ0n) is 7.24. The normalized spacial score (nSPS) is 10.9. The number of fused-ring (bicyclic) bond motifs is 1. The summed E-state index contributed by atoms with van der Waals surface area (Å²) in [5.74, 6) is 0.351. The highest BCUT2D eigenvalue weighted by Gasteiger charge is 2.06. The topological polar surface area (TPSA) is 20.2 Å². The maximum absolute atomic E-state index is 9.58. The lowest BCUT2D eigenvalue weighted by molar-refractivity contribution is 0.481. The molecule has 13 heavy (non-hydrogen) atoms. The van der Waals surface area contributed by atoms with Crippen molar-refractivity contribution in [3.8, 4) is 5.75 Å². The first kappa shape index (κ1) is 8.91. The molecule has 0 aliphatic rings. The van der Waals surface area contributed by atoms with E-state index in [2.05, 4.69) is 19.6 Å². The van der Waals surface area contributed by atoms with E-state index in [1.165, 1.54) is 4.88 Å². The summed E-state index contributed by atoms with van der Waals surface area (Å²) >= 11 is 6.05. The minimum atomic E-state index is 0.351. The Morgan fingerprint density at radius 1 is 1.46 bits per heavy atom. The fourth-order valence-electron chi connectivity index (χ4n) is 1.32. The average molecular weight is 210 g/mol. The van der Waals surface area contributed by atoms with Gasteiger partial charge in [0, 0.05) is 15.2 Å². The van der Waals surface area contributed by atoms with Crippen molar-refractivity contribution in [1.29, 1.82) is 0 Å². The van der Waals surface area contributed by atoms with Crippen LogP contribution in [0.2, 0.25) is 0 Å². The number of hydrogen-bond acceptors (Lipinski definition) is 3. The van der Waals surface area contributed by atoms with E-state index in [0.717, 1.165) is 21.4 Å². The first-order valence-corrected chi connectivity index (χ1v) is 5.42. The van der Waals surface area contributed by atoms with Gasteiger partial charge in [-0.25, -0.2) is 0 Å². The van der Waals surface area contributed by atoms with Crippen molar-refractivity contribution >= 4 is 34.1 Å². The molecular formula is C10H10OS2. The van der Waals surface area contributed by atoms with E-state index < -0.39 is 0 Å². The van der Waals surface area contributed by atoms with Crippen LogP contribution in [0.4, 0.5) is 0 Å². The molecule has 0 atom stereocenters. The van der Waals surface area contributed by atoms with E-state index in [9.17, 15) is 5.11 Å². The van der Waals surface area contributed by atoms with Gasteiger partial charge in [0.2, 0.25) is 0 Å². The number of phenolic OH excluding ortho intramolecular Hbond substituents is 1. The monoisotopic (exact) mass is 210 g/mol. The lowest BCUT2D eigenvalue weighted by Gasteiger charge is -1.95. The molecule has 0 spiro atoms. The van der Waals surface area contributed by atoms with Crippen LogP contribution in [0.1, 0.15) is 11.8 Å². The summed E-state index contributed by atoms with van der Waals surface area (Å²) in [7, 11) is 0. The van der Waals surface area contributed by atoms with Gasteiger partial charge in [-0.05, 0) is 24.6 Å². The largest absolute Gasteiger partial charge is 0.507 e. The molecule has 0 aliphatic carbocycles. The summed E-state index contributed by atoms with van der Waals surface area (Å²) in [4.78, 5) is 2.23. The fraction of sp³-hybridized carbons (Fsp3) is 0.200. The van der Waals surface area contributed by atoms with Gasteiger partial charge in [0.15, 0.2) is 0 Å². The van der Waals surface area contributed by atoms with Crippen molar-refractivity contribution in [3.05, 3.63) is 23.1 Å². The molecule has 0 aliphatic heterocycles. The Morgan fingerprint density at radius 3 is 2.85 bits per heavy atom. The molecular weight excluding hydrogens is 200 g/mol. The second kappa shape index (κ2) is 3.24. The average Bonchev–Trinajstić information content (AvgIpc) is 2.56. The van der Waals surface area contributed by atoms with Crippen LogP contribution in [0.3, 0.4) is 0 Å². The van der Waals surface area contributed by atoms with Gasteiger partial charge in [-0.15, -0.1) is 24.0 Å². The standard InChI is InChI=1S/C10H10OS2/c1-2-6-5-7-8(11)3-4-9(12)10(7)13-6/h3-5,11-12H,2H2,1H3. The van der Waals surface area contributed by atoms with Gasteiger partial charge in [-0.3, -0.25) is 0 Å². The maximum atomic E-state index is 9.58. The second-order valence-electron chi connectivity index (χ2n) is 2.91. The number of phenols is 1. The zero-order valence-corrected chi connectivity index (χ0v) is 8.95. The van der Waals surface area contributed by atoms with Gasteiger partial charge < -0.3 is 5.11 Å². The Labute approximate surface area is 86.4 Å². The quantitative estimate of drug-likeness (QED) is 0.691. The first-order chi connectivity index (χ1) is 6.22. The molecule has 0 unspecified atom stereocenters. The Kier molecular flexibility index (Phi) is 2.22. The highest BCUT2D eigenvalue weighted by Crippen LogP contribution is 2.36. The third kappa shape index (κ3) is 1.42. The number of hydrogen-bond donors (Lipinski definition) is 2. The zero-order chi connectivity index (χ0) is 9.42. The lowest BCUT2D eigenvalue weighted by atomic mass is 10.2. The Morgan fingerprint density at radius 2 is 2.23 bits per heavy atom. The van der Waals surface area contributed by atoms with Gasteiger partial charge in [0.25, 0.3) is 0 Å². The molecule has 0 fully saturated rings. The third-order valence-electron chi connectivity index (χ3n) is 2.04. The Balaban J connectivity index is 2.80. The van der Waals surface area contributed by atoms with Crippen LogP contribution < -0.4 is 0 Å². The summed E-state index contributed by atoms with van der Waals surface area (Å²) in [6, 6.07) is 5.56. The van der Waals surface area contributed by atoms with E-state index in [1.54, 1.807) is 17.4 Å². The van der Waals surface area contributed by atoms with Crippen LogP contribution in [-0.2, 0) is 6.42 Å². The minimum absolute atomic E-state index is 0.351. The van der Waals surface area contributed by atoms with Crippen molar-refractivity contribution in [2.45, 2.75) is 18.2 Å². The summed E-state index contributed by atoms with van der Waals surface area (Å²) in [6.45, 7) is 2.11. The number of thiophene rings is 1. The van der Waals surface area contributed by atoms with E-state index in [-0.39, 0.29) is 0 Å². The molecule has 1 nitrogen and oxygen atoms in total. The molecule has 1 aromatic carbocycles. The lowest BCUT2D eigenvalue weighted by Crippen LogP contribution is -1.68. The van der Waals surface area contributed by atoms with Crippen molar-refractivity contribution in [2.24, 2.45) is 0 Å². The SMILES string of the molecule is CCc1cc2c(O)ccc(S)c2s1. The molecule has 0 saturated heterocycles. The molecule has 3 heteroatoms. The second-order valence-corrected chi connectivity index (χ2v) is 4.53. The fourth-order valence-corrected chi connectivity index (χ4v) is 2.68. The highest BCUT2D eigenvalue weighted by molar-refractivity contribution is 7.80. The van der Waals surface area contributed by atoms with E-state index >= 15 is 0 Å². The number of rotatable bonds is 1. The van der Waals surface area contributed by atoms with E-state index in [4.69, 9.17) is 0 Å². The van der Waals surface area contributed by atoms with Crippen LogP contribution in [0.15, 0.2) is 23.1 Å². The molecule has 1 heterocycles. The molecule has 2 rings (SSSR count). The third-order valence-corrected chi connectivity index (χ3v) is 3.88. The van der Waals surface area contributed by atoms with Crippen LogP contribution >= 0.6 is 24.0 Å². The molecule has 0 bridgehead atoms. The van der Waals surface area contributed by atoms with Crippen molar-refractivity contribution in [3.63, 3.8) is 0 Å². The van der Waals surface area contributed by atoms with Crippen LogP contribution in [0.25, 0.3) is 10.1 Å². The summed E-state index contributed by atoms with van der Waals surface area (Å²) in [5, 5.41) is 10.5. The van der Waals surface area contributed by atoms with Crippen molar-refractivity contribution in [1.82, 2.24) is 0 Å². The van der Waals surface area contributed by atoms with Crippen LogP contribution in [-0.4, -0.2) is 5.11 Å². The van der Waals surface area contributed by atoms with Gasteiger partial charge in [-0.2, -0.15) is 0 Å². The van der Waals surface area contributed by atoms with Crippen LogP contribution in [0.5, 0.6) is 5.75 Å². The molecule has 2 aromatic rings. The first-order valence-electron chi connectivity index (χ1n) is 4.15. The van der Waals surface area contributed by atoms with Gasteiger partial charge in [0.05, 0.1) is 4.70 Å². The molecule has 0 saturated carbocycles. The molecule has 1 aromatic heterocycles. The van der Waals surface area contributed by atoms with Crippen molar-refractivity contribution < 1.29 is 5.11 Å². The number of aryl methyl sites for hydroxylation is 1. The number of benzene rings is 1. The van der Waals surface area contributed by atoms with Gasteiger partial charge in [0.1, 0.15) is 5.75 Å². The molecule has 1 N–H and O–H groups in total. The summed E-state index contributed by atoms with van der Waals surface area (Å²) < 4.78 is 1.08. The van der Waals surface area contributed by atoms with E-state index in [0.29, 0.717) is 5.75 Å². The van der Waals surface area contributed by atoms with Crippen molar-refractivity contribution in [2.75, 3.05) is 0 Å². The Bertz CT molecular complexity index is 406.